The average molecular weight is 270 g/mol. The SMILES string of the molecule is Cc1csc(CCCNC(=O)CC(O)C(C)C)n1. The molecule has 102 valence electrons. The fourth-order valence-electron chi connectivity index (χ4n) is 1.48. The second-order valence-electron chi connectivity index (χ2n) is 4.85. The lowest BCUT2D eigenvalue weighted by Crippen LogP contribution is -2.30. The third-order valence-corrected chi connectivity index (χ3v) is 3.75. The first-order chi connectivity index (χ1) is 8.49. The van der Waals surface area contributed by atoms with Crippen molar-refractivity contribution in [3.63, 3.8) is 0 Å². The van der Waals surface area contributed by atoms with Crippen molar-refractivity contribution in [1.29, 1.82) is 0 Å². The number of aryl methyl sites for hydroxylation is 2. The molecule has 5 heteroatoms. The molecule has 2 N–H and O–H groups in total. The largest absolute Gasteiger partial charge is 0.392 e. The monoisotopic (exact) mass is 270 g/mol. The Hall–Kier alpha value is -0.940. The Morgan fingerprint density at radius 3 is 2.83 bits per heavy atom. The number of aliphatic hydroxyl groups excluding tert-OH is 1. The van der Waals surface area contributed by atoms with Gasteiger partial charge >= 0.3 is 0 Å². The molecule has 1 aromatic rings. The van der Waals surface area contributed by atoms with Crippen LogP contribution in [0.25, 0.3) is 0 Å². The van der Waals surface area contributed by atoms with E-state index in [1.165, 1.54) is 0 Å². The van der Waals surface area contributed by atoms with Crippen molar-refractivity contribution in [2.45, 2.75) is 46.1 Å². The summed E-state index contributed by atoms with van der Waals surface area (Å²) in [4.78, 5) is 15.9. The lowest BCUT2D eigenvalue weighted by molar-refractivity contribution is -0.123. The quantitative estimate of drug-likeness (QED) is 0.744. The highest BCUT2D eigenvalue weighted by Crippen LogP contribution is 2.10. The van der Waals surface area contributed by atoms with Gasteiger partial charge in [0.15, 0.2) is 0 Å². The summed E-state index contributed by atoms with van der Waals surface area (Å²) >= 11 is 1.66. The summed E-state index contributed by atoms with van der Waals surface area (Å²) in [5.41, 5.74) is 1.05. The Balaban J connectivity index is 2.12. The van der Waals surface area contributed by atoms with Gasteiger partial charge in [-0.25, -0.2) is 4.98 Å². The molecule has 1 rings (SSSR count). The number of amides is 1. The predicted molar refractivity (Wildman–Crippen MR) is 73.6 cm³/mol. The highest BCUT2D eigenvalue weighted by Gasteiger charge is 2.13. The van der Waals surface area contributed by atoms with Gasteiger partial charge in [0, 0.05) is 24.0 Å². The molecule has 0 aromatic carbocycles. The van der Waals surface area contributed by atoms with Crippen LogP contribution in [0.5, 0.6) is 0 Å². The maximum absolute atomic E-state index is 11.5. The van der Waals surface area contributed by atoms with E-state index in [2.05, 4.69) is 10.3 Å². The molecule has 1 aromatic heterocycles. The minimum Gasteiger partial charge on any atom is -0.392 e. The zero-order chi connectivity index (χ0) is 13.5. The molecule has 0 fully saturated rings. The number of carbonyl (C=O) groups excluding carboxylic acids is 1. The molecule has 1 unspecified atom stereocenters. The molecule has 18 heavy (non-hydrogen) atoms. The molecule has 1 heterocycles. The maximum Gasteiger partial charge on any atom is 0.222 e. The average Bonchev–Trinajstić information content (AvgIpc) is 2.70. The smallest absolute Gasteiger partial charge is 0.222 e. The van der Waals surface area contributed by atoms with Gasteiger partial charge in [-0.3, -0.25) is 4.79 Å². The van der Waals surface area contributed by atoms with E-state index in [4.69, 9.17) is 0 Å². The zero-order valence-electron chi connectivity index (χ0n) is 11.3. The van der Waals surface area contributed by atoms with E-state index < -0.39 is 6.10 Å². The molecule has 1 atom stereocenters. The minimum absolute atomic E-state index is 0.0773. The lowest BCUT2D eigenvalue weighted by Gasteiger charge is -2.13. The van der Waals surface area contributed by atoms with Gasteiger partial charge in [0.2, 0.25) is 5.91 Å². The van der Waals surface area contributed by atoms with E-state index in [0.29, 0.717) is 6.54 Å². The molecule has 0 radical (unpaired) electrons. The van der Waals surface area contributed by atoms with E-state index in [0.717, 1.165) is 23.5 Å². The van der Waals surface area contributed by atoms with Gasteiger partial charge in [-0.2, -0.15) is 0 Å². The van der Waals surface area contributed by atoms with E-state index in [9.17, 15) is 9.90 Å². The molecule has 0 aliphatic heterocycles. The summed E-state index contributed by atoms with van der Waals surface area (Å²) < 4.78 is 0. The first kappa shape index (κ1) is 15.1. The van der Waals surface area contributed by atoms with Crippen molar-refractivity contribution in [3.8, 4) is 0 Å². The summed E-state index contributed by atoms with van der Waals surface area (Å²) in [6, 6.07) is 0. The Morgan fingerprint density at radius 2 is 2.28 bits per heavy atom. The molecular formula is C13H22N2O2S. The topological polar surface area (TPSA) is 62.2 Å². The maximum atomic E-state index is 11.5. The van der Waals surface area contributed by atoms with Crippen LogP contribution in [0.3, 0.4) is 0 Å². The number of nitrogens with one attached hydrogen (secondary N) is 1. The van der Waals surface area contributed by atoms with Crippen LogP contribution in [0.4, 0.5) is 0 Å². The summed E-state index contributed by atoms with van der Waals surface area (Å²) in [7, 11) is 0. The predicted octanol–water partition coefficient (Wildman–Crippen LogP) is 1.91. The molecule has 4 nitrogen and oxygen atoms in total. The highest BCUT2D eigenvalue weighted by molar-refractivity contribution is 7.09. The van der Waals surface area contributed by atoms with Gasteiger partial charge in [0.25, 0.3) is 0 Å². The minimum atomic E-state index is -0.549. The van der Waals surface area contributed by atoms with Crippen LogP contribution in [0.1, 0.15) is 37.4 Å². The number of rotatable bonds is 7. The molecule has 0 saturated heterocycles. The number of carbonyl (C=O) groups is 1. The second kappa shape index (κ2) is 7.48. The van der Waals surface area contributed by atoms with Crippen LogP contribution in [-0.2, 0) is 11.2 Å². The van der Waals surface area contributed by atoms with Gasteiger partial charge < -0.3 is 10.4 Å². The Bertz CT molecular complexity index is 377. The molecule has 0 saturated carbocycles. The fourth-order valence-corrected chi connectivity index (χ4v) is 2.30. The van der Waals surface area contributed by atoms with Crippen LogP contribution in [-0.4, -0.2) is 28.6 Å². The fraction of sp³-hybridized carbons (Fsp3) is 0.692. The standard InChI is InChI=1S/C13H22N2O2S/c1-9(2)11(16)7-12(17)14-6-4-5-13-15-10(3)8-18-13/h8-9,11,16H,4-7H2,1-3H3,(H,14,17). The molecule has 0 spiro atoms. The molecule has 1 amide bonds. The van der Waals surface area contributed by atoms with Crippen LogP contribution in [0.2, 0.25) is 0 Å². The van der Waals surface area contributed by atoms with Gasteiger partial charge in [-0.05, 0) is 19.3 Å². The summed E-state index contributed by atoms with van der Waals surface area (Å²) in [6.45, 7) is 6.43. The number of aliphatic hydroxyl groups is 1. The lowest BCUT2D eigenvalue weighted by atomic mass is 10.0. The first-order valence-electron chi connectivity index (χ1n) is 6.34. The van der Waals surface area contributed by atoms with Crippen molar-refractivity contribution in [2.75, 3.05) is 6.54 Å². The number of hydrogen-bond acceptors (Lipinski definition) is 4. The van der Waals surface area contributed by atoms with E-state index in [1.54, 1.807) is 11.3 Å². The summed E-state index contributed by atoms with van der Waals surface area (Å²) in [5, 5.41) is 15.5. The third kappa shape index (κ3) is 5.60. The normalized spacial score (nSPS) is 12.7. The number of thiazole rings is 1. The van der Waals surface area contributed by atoms with Gasteiger partial charge in [-0.1, -0.05) is 13.8 Å². The third-order valence-electron chi connectivity index (χ3n) is 2.72. The Morgan fingerprint density at radius 1 is 1.56 bits per heavy atom. The summed E-state index contributed by atoms with van der Waals surface area (Å²) in [5.74, 6) is 0.0422. The number of nitrogens with zero attached hydrogens (tertiary/aromatic N) is 1. The van der Waals surface area contributed by atoms with Crippen LogP contribution < -0.4 is 5.32 Å². The Labute approximate surface area is 112 Å². The van der Waals surface area contributed by atoms with Gasteiger partial charge in [0.1, 0.15) is 0 Å². The van der Waals surface area contributed by atoms with Crippen molar-refractivity contribution < 1.29 is 9.90 Å². The molecule has 0 aliphatic carbocycles. The molecule has 0 bridgehead atoms. The number of hydrogen-bond donors (Lipinski definition) is 2. The molecular weight excluding hydrogens is 248 g/mol. The van der Waals surface area contributed by atoms with Crippen molar-refractivity contribution >= 4 is 17.2 Å². The van der Waals surface area contributed by atoms with Crippen LogP contribution >= 0.6 is 11.3 Å². The second-order valence-corrected chi connectivity index (χ2v) is 5.79. The van der Waals surface area contributed by atoms with Gasteiger partial charge in [0.05, 0.1) is 17.5 Å². The van der Waals surface area contributed by atoms with E-state index >= 15 is 0 Å². The number of aromatic nitrogens is 1. The van der Waals surface area contributed by atoms with Crippen molar-refractivity contribution in [2.24, 2.45) is 5.92 Å². The highest BCUT2D eigenvalue weighted by atomic mass is 32.1. The van der Waals surface area contributed by atoms with E-state index in [-0.39, 0.29) is 18.2 Å². The Kier molecular flexibility index (Phi) is 6.29. The zero-order valence-corrected chi connectivity index (χ0v) is 12.1. The van der Waals surface area contributed by atoms with Crippen molar-refractivity contribution in [1.82, 2.24) is 10.3 Å². The van der Waals surface area contributed by atoms with E-state index in [1.807, 2.05) is 26.2 Å². The first-order valence-corrected chi connectivity index (χ1v) is 7.22. The molecule has 0 aliphatic rings. The van der Waals surface area contributed by atoms with Gasteiger partial charge in [-0.15, -0.1) is 11.3 Å². The van der Waals surface area contributed by atoms with Crippen molar-refractivity contribution in [3.05, 3.63) is 16.1 Å². The summed E-state index contributed by atoms with van der Waals surface area (Å²) in [6.07, 6.45) is 1.42. The van der Waals surface area contributed by atoms with Crippen LogP contribution in [0, 0.1) is 12.8 Å². The van der Waals surface area contributed by atoms with Crippen LogP contribution in [0.15, 0.2) is 5.38 Å².